The summed E-state index contributed by atoms with van der Waals surface area (Å²) in [5.41, 5.74) is -1.00. The first-order chi connectivity index (χ1) is 8.64. The van der Waals surface area contributed by atoms with Crippen molar-refractivity contribution in [3.05, 3.63) is 29.0 Å². The Bertz CT molecular complexity index is 491. The second kappa shape index (κ2) is 5.57. The van der Waals surface area contributed by atoms with Gasteiger partial charge in [0.2, 0.25) is 5.91 Å². The van der Waals surface area contributed by atoms with E-state index in [4.69, 9.17) is 16.7 Å². The summed E-state index contributed by atoms with van der Waals surface area (Å²) in [7, 11) is 0. The van der Waals surface area contributed by atoms with Gasteiger partial charge in [-0.25, -0.2) is 4.39 Å². The zero-order valence-corrected chi connectivity index (χ0v) is 11.6. The zero-order valence-electron chi connectivity index (χ0n) is 10.8. The minimum absolute atomic E-state index is 0.0198. The zero-order chi connectivity index (χ0) is 14.8. The van der Waals surface area contributed by atoms with Gasteiger partial charge in [0.25, 0.3) is 0 Å². The number of para-hydroxylation sites is 1. The average molecular weight is 288 g/mol. The first-order valence-electron chi connectivity index (χ1n) is 5.62. The molecule has 0 aliphatic heterocycles. The number of carboxylic acid groups (broad SMARTS) is 1. The molecule has 104 valence electrons. The van der Waals surface area contributed by atoms with Crippen LogP contribution in [0.4, 0.5) is 10.1 Å². The number of nitrogens with one attached hydrogen (secondary N) is 1. The van der Waals surface area contributed by atoms with E-state index in [1.807, 2.05) is 0 Å². The molecular formula is C13H15ClFNO3. The van der Waals surface area contributed by atoms with Crippen molar-refractivity contribution < 1.29 is 19.1 Å². The van der Waals surface area contributed by atoms with Gasteiger partial charge < -0.3 is 10.4 Å². The van der Waals surface area contributed by atoms with Gasteiger partial charge in [-0.2, -0.15) is 0 Å². The monoisotopic (exact) mass is 287 g/mol. The highest BCUT2D eigenvalue weighted by atomic mass is 35.5. The van der Waals surface area contributed by atoms with Crippen LogP contribution in [0.2, 0.25) is 5.02 Å². The maximum absolute atomic E-state index is 13.5. The van der Waals surface area contributed by atoms with Crippen molar-refractivity contribution >= 4 is 29.2 Å². The van der Waals surface area contributed by atoms with E-state index in [9.17, 15) is 14.0 Å². The fourth-order valence-electron chi connectivity index (χ4n) is 1.69. The molecule has 0 fully saturated rings. The quantitative estimate of drug-likeness (QED) is 0.839. The largest absolute Gasteiger partial charge is 0.481 e. The van der Waals surface area contributed by atoms with Gasteiger partial charge in [0.1, 0.15) is 11.7 Å². The van der Waals surface area contributed by atoms with Crippen molar-refractivity contribution in [1.82, 2.24) is 0 Å². The molecule has 1 rings (SSSR count). The Morgan fingerprint density at radius 2 is 1.95 bits per heavy atom. The summed E-state index contributed by atoms with van der Waals surface area (Å²) >= 11 is 5.77. The highest BCUT2D eigenvalue weighted by Crippen LogP contribution is 2.30. The summed E-state index contributed by atoms with van der Waals surface area (Å²) in [6.07, 6.45) is 0. The van der Waals surface area contributed by atoms with Crippen LogP contribution < -0.4 is 5.32 Å². The Kier molecular flexibility index (Phi) is 4.52. The number of hydrogen-bond acceptors (Lipinski definition) is 2. The number of carbonyl (C=O) groups excluding carboxylic acids is 1. The second-order valence-electron chi connectivity index (χ2n) is 5.22. The van der Waals surface area contributed by atoms with Gasteiger partial charge in [-0.3, -0.25) is 9.59 Å². The minimum atomic E-state index is -1.30. The summed E-state index contributed by atoms with van der Waals surface area (Å²) in [6.45, 7) is 4.86. The summed E-state index contributed by atoms with van der Waals surface area (Å²) < 4.78 is 13.5. The third kappa shape index (κ3) is 3.67. The third-order valence-electron chi connectivity index (χ3n) is 2.59. The van der Waals surface area contributed by atoms with Gasteiger partial charge in [-0.1, -0.05) is 38.4 Å². The van der Waals surface area contributed by atoms with Crippen molar-refractivity contribution in [2.45, 2.75) is 20.8 Å². The molecule has 0 radical (unpaired) electrons. The summed E-state index contributed by atoms with van der Waals surface area (Å²) in [6, 6.07) is 3.94. The summed E-state index contributed by atoms with van der Waals surface area (Å²) in [4.78, 5) is 23.1. The van der Waals surface area contributed by atoms with E-state index in [1.165, 1.54) is 12.1 Å². The topological polar surface area (TPSA) is 66.4 Å². The second-order valence-corrected chi connectivity index (χ2v) is 5.63. The Labute approximate surface area is 115 Å². The molecule has 0 aromatic heterocycles. The van der Waals surface area contributed by atoms with Crippen LogP contribution in [0.1, 0.15) is 20.8 Å². The molecule has 6 heteroatoms. The number of hydrogen-bond donors (Lipinski definition) is 2. The standard InChI is InChI=1S/C13H15ClFNO3/c1-13(2,3)9(12(18)19)11(17)16-10-7(14)5-4-6-8(10)15/h4-6,9H,1-3H3,(H,16,17)(H,18,19). The highest BCUT2D eigenvalue weighted by molar-refractivity contribution is 6.33. The number of aliphatic carboxylic acids is 1. The van der Waals surface area contributed by atoms with Gasteiger partial charge >= 0.3 is 5.97 Å². The molecular weight excluding hydrogens is 273 g/mol. The molecule has 0 saturated carbocycles. The number of carbonyl (C=O) groups is 2. The van der Waals surface area contributed by atoms with Crippen molar-refractivity contribution in [3.8, 4) is 0 Å². The molecule has 0 aliphatic carbocycles. The lowest BCUT2D eigenvalue weighted by Crippen LogP contribution is -2.39. The van der Waals surface area contributed by atoms with Crippen LogP contribution in [0.3, 0.4) is 0 Å². The molecule has 0 heterocycles. The van der Waals surface area contributed by atoms with Crippen molar-refractivity contribution in [3.63, 3.8) is 0 Å². The SMILES string of the molecule is CC(C)(C)C(C(=O)O)C(=O)Nc1c(F)cccc1Cl. The first-order valence-corrected chi connectivity index (χ1v) is 6.00. The highest BCUT2D eigenvalue weighted by Gasteiger charge is 2.38. The van der Waals surface area contributed by atoms with Gasteiger partial charge in [0, 0.05) is 0 Å². The molecule has 1 aromatic carbocycles. The Balaban J connectivity index is 3.05. The van der Waals surface area contributed by atoms with Crippen molar-refractivity contribution in [2.24, 2.45) is 11.3 Å². The van der Waals surface area contributed by atoms with Crippen LogP contribution in [0, 0.1) is 17.2 Å². The Morgan fingerprint density at radius 3 is 2.37 bits per heavy atom. The van der Waals surface area contributed by atoms with Crippen LogP contribution >= 0.6 is 11.6 Å². The fraction of sp³-hybridized carbons (Fsp3) is 0.385. The first kappa shape index (κ1) is 15.4. The maximum atomic E-state index is 13.5. The lowest BCUT2D eigenvalue weighted by molar-refractivity contribution is -0.149. The van der Waals surface area contributed by atoms with Gasteiger partial charge in [-0.05, 0) is 17.5 Å². The molecule has 1 amide bonds. The van der Waals surface area contributed by atoms with E-state index in [-0.39, 0.29) is 10.7 Å². The predicted molar refractivity (Wildman–Crippen MR) is 70.6 cm³/mol. The van der Waals surface area contributed by atoms with Crippen LogP contribution in [0.15, 0.2) is 18.2 Å². The molecule has 1 unspecified atom stereocenters. The normalized spacial score (nSPS) is 12.9. The molecule has 1 aromatic rings. The molecule has 0 spiro atoms. The van der Waals surface area contributed by atoms with E-state index >= 15 is 0 Å². The molecule has 0 bridgehead atoms. The van der Waals surface area contributed by atoms with Crippen LogP contribution in [0.5, 0.6) is 0 Å². The minimum Gasteiger partial charge on any atom is -0.481 e. The predicted octanol–water partition coefficient (Wildman–Crippen LogP) is 3.16. The Hall–Kier alpha value is -1.62. The smallest absolute Gasteiger partial charge is 0.316 e. The van der Waals surface area contributed by atoms with E-state index < -0.39 is 29.0 Å². The lowest BCUT2D eigenvalue weighted by Gasteiger charge is -2.26. The third-order valence-corrected chi connectivity index (χ3v) is 2.90. The van der Waals surface area contributed by atoms with E-state index in [0.717, 1.165) is 6.07 Å². The molecule has 19 heavy (non-hydrogen) atoms. The van der Waals surface area contributed by atoms with E-state index in [1.54, 1.807) is 20.8 Å². The maximum Gasteiger partial charge on any atom is 0.316 e. The van der Waals surface area contributed by atoms with Gasteiger partial charge in [0.05, 0.1) is 10.7 Å². The molecule has 4 nitrogen and oxygen atoms in total. The summed E-state index contributed by atoms with van der Waals surface area (Å²) in [5.74, 6) is -4.08. The summed E-state index contributed by atoms with van der Waals surface area (Å²) in [5, 5.41) is 11.4. The number of anilines is 1. The van der Waals surface area contributed by atoms with Crippen LogP contribution in [-0.2, 0) is 9.59 Å². The van der Waals surface area contributed by atoms with Crippen molar-refractivity contribution in [1.29, 1.82) is 0 Å². The lowest BCUT2D eigenvalue weighted by atomic mass is 9.80. The number of halogens is 2. The molecule has 0 aliphatic rings. The molecule has 0 saturated heterocycles. The molecule has 1 atom stereocenters. The van der Waals surface area contributed by atoms with E-state index in [0.29, 0.717) is 0 Å². The molecule has 2 N–H and O–H groups in total. The van der Waals surface area contributed by atoms with E-state index in [2.05, 4.69) is 5.32 Å². The average Bonchev–Trinajstić information content (AvgIpc) is 2.21. The number of rotatable bonds is 3. The van der Waals surface area contributed by atoms with Crippen LogP contribution in [0.25, 0.3) is 0 Å². The van der Waals surface area contributed by atoms with Gasteiger partial charge in [-0.15, -0.1) is 0 Å². The van der Waals surface area contributed by atoms with Gasteiger partial charge in [0.15, 0.2) is 0 Å². The Morgan fingerprint density at radius 1 is 1.37 bits per heavy atom. The number of benzene rings is 1. The van der Waals surface area contributed by atoms with Crippen LogP contribution in [-0.4, -0.2) is 17.0 Å². The number of carboxylic acids is 1. The number of amides is 1. The fourth-order valence-corrected chi connectivity index (χ4v) is 1.90. The van der Waals surface area contributed by atoms with Crippen molar-refractivity contribution in [2.75, 3.05) is 5.32 Å².